The van der Waals surface area contributed by atoms with E-state index in [9.17, 15) is 9.18 Å². The minimum Gasteiger partial charge on any atom is -0.444 e. The average molecular weight is 322 g/mol. The molecule has 0 bridgehead atoms. The second-order valence-electron chi connectivity index (χ2n) is 6.16. The van der Waals surface area contributed by atoms with Gasteiger partial charge in [-0.25, -0.2) is 9.18 Å². The molecule has 1 amide bonds. The van der Waals surface area contributed by atoms with Crippen molar-refractivity contribution in [3.05, 3.63) is 35.6 Å². The number of hydrogen-bond acceptors (Lipinski definition) is 4. The van der Waals surface area contributed by atoms with Crippen molar-refractivity contribution in [3.63, 3.8) is 0 Å². The van der Waals surface area contributed by atoms with Crippen molar-refractivity contribution in [2.24, 2.45) is 4.99 Å². The minimum atomic E-state index is -0.481. The summed E-state index contributed by atoms with van der Waals surface area (Å²) in [5.74, 6) is -0.247. The summed E-state index contributed by atoms with van der Waals surface area (Å²) in [5, 5.41) is 0. The van der Waals surface area contributed by atoms with Crippen molar-refractivity contribution < 1.29 is 18.7 Å². The Hall–Kier alpha value is -2.24. The lowest BCUT2D eigenvalue weighted by atomic mass is 10.2. The lowest BCUT2D eigenvalue weighted by Crippen LogP contribution is -2.35. The lowest BCUT2D eigenvalue weighted by molar-refractivity contribution is -0.0980. The first-order valence-electron chi connectivity index (χ1n) is 7.37. The van der Waals surface area contributed by atoms with Crippen LogP contribution >= 0.6 is 0 Å². The molecule has 1 aromatic carbocycles. The molecule has 23 heavy (non-hydrogen) atoms. The summed E-state index contributed by atoms with van der Waals surface area (Å²) in [6.45, 7) is 9.21. The molecule has 126 valence electrons. The SMILES string of the molecule is C=O.CC(C)(C)OC(=O)N1CCC(=NCc2ccc(F)cc2)C1. The Kier molecular flexibility index (Phi) is 6.88. The van der Waals surface area contributed by atoms with E-state index in [0.29, 0.717) is 19.6 Å². The molecule has 1 aliphatic heterocycles. The highest BCUT2D eigenvalue weighted by Gasteiger charge is 2.27. The molecule has 0 saturated carbocycles. The van der Waals surface area contributed by atoms with E-state index in [4.69, 9.17) is 9.53 Å². The van der Waals surface area contributed by atoms with E-state index in [1.54, 1.807) is 17.0 Å². The van der Waals surface area contributed by atoms with E-state index >= 15 is 0 Å². The van der Waals surface area contributed by atoms with Crippen LogP contribution in [0.2, 0.25) is 0 Å². The number of aliphatic imine (C=N–C) groups is 1. The molecule has 6 heteroatoms. The van der Waals surface area contributed by atoms with E-state index in [2.05, 4.69) is 4.99 Å². The zero-order chi connectivity index (χ0) is 17.5. The van der Waals surface area contributed by atoms with Crippen molar-refractivity contribution in [1.29, 1.82) is 0 Å². The van der Waals surface area contributed by atoms with Gasteiger partial charge in [0.1, 0.15) is 18.2 Å². The monoisotopic (exact) mass is 322 g/mol. The van der Waals surface area contributed by atoms with E-state index in [1.165, 1.54) is 12.1 Å². The fourth-order valence-corrected chi connectivity index (χ4v) is 2.05. The fraction of sp³-hybridized carbons (Fsp3) is 0.471. The van der Waals surface area contributed by atoms with Crippen LogP contribution in [-0.4, -0.2) is 42.2 Å². The molecule has 1 saturated heterocycles. The maximum Gasteiger partial charge on any atom is 0.410 e. The lowest BCUT2D eigenvalue weighted by Gasteiger charge is -2.23. The van der Waals surface area contributed by atoms with Gasteiger partial charge in [-0.3, -0.25) is 4.99 Å². The molecule has 1 fully saturated rings. The molecule has 0 aromatic heterocycles. The van der Waals surface area contributed by atoms with Gasteiger partial charge in [-0.1, -0.05) is 12.1 Å². The number of rotatable bonds is 2. The number of likely N-dealkylation sites (tertiary alicyclic amines) is 1. The minimum absolute atomic E-state index is 0.247. The average Bonchev–Trinajstić information content (AvgIpc) is 2.96. The Balaban J connectivity index is 0.00000127. The van der Waals surface area contributed by atoms with Crippen LogP contribution in [0.4, 0.5) is 9.18 Å². The molecule has 2 rings (SSSR count). The number of benzene rings is 1. The highest BCUT2D eigenvalue weighted by Crippen LogP contribution is 2.14. The molecule has 0 radical (unpaired) electrons. The summed E-state index contributed by atoms with van der Waals surface area (Å²) in [5.41, 5.74) is 1.45. The molecule has 0 unspecified atom stereocenters. The van der Waals surface area contributed by atoms with Crippen molar-refractivity contribution in [2.75, 3.05) is 13.1 Å². The van der Waals surface area contributed by atoms with E-state index in [1.807, 2.05) is 27.6 Å². The first kappa shape index (κ1) is 18.8. The Labute approximate surface area is 136 Å². The van der Waals surface area contributed by atoms with Gasteiger partial charge in [0, 0.05) is 18.7 Å². The van der Waals surface area contributed by atoms with Gasteiger partial charge in [-0.2, -0.15) is 0 Å². The molecule has 5 nitrogen and oxygen atoms in total. The third-order valence-electron chi connectivity index (χ3n) is 3.09. The smallest absolute Gasteiger partial charge is 0.410 e. The first-order chi connectivity index (χ1) is 10.8. The predicted molar refractivity (Wildman–Crippen MR) is 87.1 cm³/mol. The number of ether oxygens (including phenoxy) is 1. The van der Waals surface area contributed by atoms with Gasteiger partial charge in [-0.15, -0.1) is 0 Å². The Morgan fingerprint density at radius 3 is 2.48 bits per heavy atom. The second-order valence-corrected chi connectivity index (χ2v) is 6.16. The molecule has 0 atom stereocenters. The molecule has 1 aliphatic rings. The van der Waals surface area contributed by atoms with Gasteiger partial charge in [0.15, 0.2) is 0 Å². The van der Waals surface area contributed by atoms with Gasteiger partial charge >= 0.3 is 6.09 Å². The Morgan fingerprint density at radius 2 is 1.91 bits per heavy atom. The third-order valence-corrected chi connectivity index (χ3v) is 3.09. The summed E-state index contributed by atoms with van der Waals surface area (Å²) in [6, 6.07) is 6.30. The van der Waals surface area contributed by atoms with Crippen molar-refractivity contribution in [1.82, 2.24) is 4.90 Å². The number of carbonyl (C=O) groups excluding carboxylic acids is 2. The number of nitrogens with zero attached hydrogens (tertiary/aromatic N) is 2. The fourth-order valence-electron chi connectivity index (χ4n) is 2.05. The summed E-state index contributed by atoms with van der Waals surface area (Å²) in [6.07, 6.45) is 0.468. The van der Waals surface area contributed by atoms with Gasteiger partial charge in [0.2, 0.25) is 0 Å². The molecular formula is C17H23FN2O3. The van der Waals surface area contributed by atoms with Crippen molar-refractivity contribution >= 4 is 18.6 Å². The zero-order valence-corrected chi connectivity index (χ0v) is 13.8. The largest absolute Gasteiger partial charge is 0.444 e. The normalized spacial score (nSPS) is 16.0. The second kappa shape index (κ2) is 8.41. The first-order valence-corrected chi connectivity index (χ1v) is 7.37. The van der Waals surface area contributed by atoms with Gasteiger partial charge < -0.3 is 14.4 Å². The summed E-state index contributed by atoms with van der Waals surface area (Å²) < 4.78 is 18.1. The van der Waals surface area contributed by atoms with Gasteiger partial charge in [0.05, 0.1) is 13.1 Å². The van der Waals surface area contributed by atoms with E-state index in [0.717, 1.165) is 17.7 Å². The number of carbonyl (C=O) groups is 2. The Bertz CT molecular complexity index is 550. The van der Waals surface area contributed by atoms with Crippen LogP contribution in [0.3, 0.4) is 0 Å². The van der Waals surface area contributed by atoms with E-state index in [-0.39, 0.29) is 11.9 Å². The number of hydrogen-bond donors (Lipinski definition) is 0. The maximum atomic E-state index is 12.8. The third kappa shape index (κ3) is 6.59. The van der Waals surface area contributed by atoms with E-state index < -0.39 is 5.60 Å². The van der Waals surface area contributed by atoms with Gasteiger partial charge in [0.25, 0.3) is 0 Å². The van der Waals surface area contributed by atoms with Crippen molar-refractivity contribution in [2.45, 2.75) is 39.3 Å². The molecule has 0 aliphatic carbocycles. The van der Waals surface area contributed by atoms with Crippen LogP contribution in [0.5, 0.6) is 0 Å². The predicted octanol–water partition coefficient (Wildman–Crippen LogP) is 3.22. The zero-order valence-electron chi connectivity index (χ0n) is 13.8. The number of halogens is 1. The van der Waals surface area contributed by atoms with Crippen LogP contribution in [0, 0.1) is 5.82 Å². The van der Waals surface area contributed by atoms with Crippen LogP contribution in [0.1, 0.15) is 32.8 Å². The molecule has 0 spiro atoms. The van der Waals surface area contributed by atoms with Crippen molar-refractivity contribution in [3.8, 4) is 0 Å². The standard InChI is InChI=1S/C16H21FN2O2.CH2O/c1-16(2,3)21-15(20)19-9-8-14(11-19)18-10-12-4-6-13(17)7-5-12;1-2/h4-7H,8-11H2,1-3H3;1H2. The Morgan fingerprint density at radius 1 is 1.30 bits per heavy atom. The molecule has 1 aromatic rings. The highest BCUT2D eigenvalue weighted by atomic mass is 19.1. The summed E-state index contributed by atoms with van der Waals surface area (Å²) in [7, 11) is 0. The van der Waals surface area contributed by atoms with Crippen LogP contribution in [0.15, 0.2) is 29.3 Å². The molecule has 0 N–H and O–H groups in total. The highest BCUT2D eigenvalue weighted by molar-refractivity contribution is 5.91. The quantitative estimate of drug-likeness (QED) is 0.840. The van der Waals surface area contributed by atoms with Crippen LogP contribution in [0.25, 0.3) is 0 Å². The summed E-state index contributed by atoms with van der Waals surface area (Å²) >= 11 is 0. The van der Waals surface area contributed by atoms with Crippen LogP contribution < -0.4 is 0 Å². The topological polar surface area (TPSA) is 59.0 Å². The number of amides is 1. The summed E-state index contributed by atoms with van der Waals surface area (Å²) in [4.78, 5) is 26.1. The molecule has 1 heterocycles. The van der Waals surface area contributed by atoms with Gasteiger partial charge in [-0.05, 0) is 38.5 Å². The van der Waals surface area contributed by atoms with Crippen LogP contribution in [-0.2, 0) is 16.1 Å². The maximum absolute atomic E-state index is 12.8. The molecular weight excluding hydrogens is 299 g/mol.